The molecule has 24 heavy (non-hydrogen) atoms. The number of rotatable bonds is 4. The van der Waals surface area contributed by atoms with Crippen LogP contribution in [0.5, 0.6) is 0 Å². The molecule has 0 aromatic carbocycles. The number of carbonyl (C=O) groups excluding carboxylic acids is 2. The molecule has 0 spiro atoms. The van der Waals surface area contributed by atoms with Crippen molar-refractivity contribution in [1.29, 1.82) is 0 Å². The quantitative estimate of drug-likeness (QED) is 0.646. The zero-order chi connectivity index (χ0) is 17.7. The number of thiophene rings is 1. The summed E-state index contributed by atoms with van der Waals surface area (Å²) in [6.07, 6.45) is 1.68. The van der Waals surface area contributed by atoms with Crippen LogP contribution in [0.3, 0.4) is 0 Å². The number of likely N-dealkylation sites (tertiary alicyclic amines) is 1. The molecule has 8 heteroatoms. The molecule has 1 aromatic heterocycles. The summed E-state index contributed by atoms with van der Waals surface area (Å²) in [5.74, 6) is -0.726. The van der Waals surface area contributed by atoms with Crippen molar-refractivity contribution in [1.82, 2.24) is 4.90 Å². The monoisotopic (exact) mass is 370 g/mol. The number of carbonyl (C=O) groups is 2. The van der Waals surface area contributed by atoms with Gasteiger partial charge in [-0.15, -0.1) is 11.3 Å². The van der Waals surface area contributed by atoms with Crippen LogP contribution >= 0.6 is 23.6 Å². The van der Waals surface area contributed by atoms with Gasteiger partial charge in [-0.25, -0.2) is 4.79 Å². The largest absolute Gasteiger partial charge is 0.466 e. The van der Waals surface area contributed by atoms with E-state index >= 15 is 0 Å². The van der Waals surface area contributed by atoms with E-state index in [0.29, 0.717) is 28.8 Å². The lowest BCUT2D eigenvalue weighted by atomic mass is 9.98. The van der Waals surface area contributed by atoms with E-state index in [2.05, 4.69) is 5.32 Å². The zero-order valence-corrected chi connectivity index (χ0v) is 15.7. The Bertz CT molecular complexity index is 630. The highest BCUT2D eigenvalue weighted by Crippen LogP contribution is 2.29. The molecule has 132 valence electrons. The summed E-state index contributed by atoms with van der Waals surface area (Å²) in [4.78, 5) is 26.2. The summed E-state index contributed by atoms with van der Waals surface area (Å²) < 4.78 is 9.92. The van der Waals surface area contributed by atoms with Gasteiger partial charge in [0, 0.05) is 13.1 Å². The van der Waals surface area contributed by atoms with Crippen molar-refractivity contribution in [3.8, 4) is 0 Å². The average Bonchev–Trinajstić information content (AvgIpc) is 2.95. The summed E-state index contributed by atoms with van der Waals surface area (Å²) >= 11 is 6.80. The fourth-order valence-corrected chi connectivity index (χ4v) is 3.83. The van der Waals surface area contributed by atoms with Crippen molar-refractivity contribution in [2.75, 3.05) is 32.1 Å². The first-order chi connectivity index (χ1) is 11.5. The Morgan fingerprint density at radius 3 is 2.92 bits per heavy atom. The molecule has 0 aliphatic carbocycles. The summed E-state index contributed by atoms with van der Waals surface area (Å²) in [5.41, 5.74) is 1.61. The molecule has 0 unspecified atom stereocenters. The molecule has 1 N–H and O–H groups in total. The van der Waals surface area contributed by atoms with Crippen molar-refractivity contribution in [3.05, 3.63) is 15.8 Å². The van der Waals surface area contributed by atoms with Gasteiger partial charge in [0.1, 0.15) is 4.88 Å². The van der Waals surface area contributed by atoms with Crippen LogP contribution in [-0.2, 0) is 14.3 Å². The van der Waals surface area contributed by atoms with Gasteiger partial charge >= 0.3 is 11.9 Å². The second kappa shape index (κ2) is 8.43. The zero-order valence-electron chi connectivity index (χ0n) is 14.1. The minimum atomic E-state index is -0.388. The van der Waals surface area contributed by atoms with E-state index in [-0.39, 0.29) is 17.9 Å². The summed E-state index contributed by atoms with van der Waals surface area (Å²) in [5, 5.41) is 5.54. The van der Waals surface area contributed by atoms with Crippen LogP contribution in [0.15, 0.2) is 5.38 Å². The number of hydrogen-bond acceptors (Lipinski definition) is 6. The molecule has 1 atom stereocenters. The number of ether oxygens (including phenoxy) is 2. The predicted octanol–water partition coefficient (Wildman–Crippen LogP) is 2.82. The number of anilines is 1. The Kier molecular flexibility index (Phi) is 6.56. The van der Waals surface area contributed by atoms with E-state index in [9.17, 15) is 9.59 Å². The maximum Gasteiger partial charge on any atom is 0.350 e. The van der Waals surface area contributed by atoms with Gasteiger partial charge in [-0.3, -0.25) is 4.79 Å². The third-order valence-corrected chi connectivity index (χ3v) is 5.34. The van der Waals surface area contributed by atoms with Crippen LogP contribution in [0.1, 0.15) is 35.0 Å². The van der Waals surface area contributed by atoms with Crippen molar-refractivity contribution in [2.45, 2.75) is 26.7 Å². The van der Waals surface area contributed by atoms with Crippen LogP contribution in [0.25, 0.3) is 0 Å². The SMILES string of the molecule is CCOC(=O)[C@@H]1CCCN(C(=S)Nc2c(C)csc2C(=O)OC)C1. The van der Waals surface area contributed by atoms with Crippen LogP contribution < -0.4 is 5.32 Å². The minimum Gasteiger partial charge on any atom is -0.466 e. The van der Waals surface area contributed by atoms with Gasteiger partial charge in [-0.2, -0.15) is 0 Å². The standard InChI is InChI=1S/C16H22N2O4S2/c1-4-22-14(19)11-6-5-7-18(8-11)16(23)17-12-10(2)9-24-13(12)15(20)21-3/h9,11H,4-8H2,1-3H3,(H,17,23)/t11-/m1/s1. The lowest BCUT2D eigenvalue weighted by Gasteiger charge is -2.33. The number of thiocarbonyl (C=S) groups is 1. The fourth-order valence-electron chi connectivity index (χ4n) is 2.64. The molecule has 1 aliphatic heterocycles. The smallest absolute Gasteiger partial charge is 0.350 e. The first kappa shape index (κ1) is 18.7. The first-order valence-corrected chi connectivity index (χ1v) is 9.15. The molecule has 1 aliphatic rings. The number of nitrogens with zero attached hydrogens (tertiary/aromatic N) is 1. The average molecular weight is 370 g/mol. The summed E-state index contributed by atoms with van der Waals surface area (Å²) in [6.45, 7) is 5.40. The molecule has 2 rings (SSSR count). The van der Waals surface area contributed by atoms with Crippen molar-refractivity contribution in [2.24, 2.45) is 5.92 Å². The van der Waals surface area contributed by atoms with E-state index in [1.54, 1.807) is 6.92 Å². The Hall–Kier alpha value is -1.67. The number of piperidine rings is 1. The Labute approximate surface area is 151 Å². The summed E-state index contributed by atoms with van der Waals surface area (Å²) in [7, 11) is 1.36. The Morgan fingerprint density at radius 1 is 1.50 bits per heavy atom. The number of nitrogens with one attached hydrogen (secondary N) is 1. The van der Waals surface area contributed by atoms with E-state index < -0.39 is 0 Å². The third-order valence-electron chi connectivity index (χ3n) is 3.91. The molecule has 1 saturated heterocycles. The lowest BCUT2D eigenvalue weighted by molar-refractivity contribution is -0.149. The van der Waals surface area contributed by atoms with Crippen molar-refractivity contribution < 1.29 is 19.1 Å². The molecular weight excluding hydrogens is 348 g/mol. The second-order valence-corrected chi connectivity index (χ2v) is 6.85. The molecule has 6 nitrogen and oxygen atoms in total. The van der Waals surface area contributed by atoms with Gasteiger partial charge < -0.3 is 19.7 Å². The molecule has 0 bridgehead atoms. The number of methoxy groups -OCH3 is 1. The highest BCUT2D eigenvalue weighted by Gasteiger charge is 2.29. The van der Waals surface area contributed by atoms with Gasteiger partial charge in [-0.05, 0) is 49.9 Å². The maximum atomic E-state index is 11.9. The van der Waals surface area contributed by atoms with Gasteiger partial charge in [0.05, 0.1) is 25.3 Å². The van der Waals surface area contributed by atoms with Crippen molar-refractivity contribution in [3.63, 3.8) is 0 Å². The molecule has 0 radical (unpaired) electrons. The van der Waals surface area contributed by atoms with E-state index in [0.717, 1.165) is 24.9 Å². The highest BCUT2D eigenvalue weighted by molar-refractivity contribution is 7.80. The lowest BCUT2D eigenvalue weighted by Crippen LogP contribution is -2.44. The van der Waals surface area contributed by atoms with Gasteiger partial charge in [0.15, 0.2) is 5.11 Å². The highest BCUT2D eigenvalue weighted by atomic mass is 32.1. The second-order valence-electron chi connectivity index (χ2n) is 5.58. The van der Waals surface area contributed by atoms with Crippen molar-refractivity contribution >= 4 is 46.3 Å². The summed E-state index contributed by atoms with van der Waals surface area (Å²) in [6, 6.07) is 0. The first-order valence-electron chi connectivity index (χ1n) is 7.86. The van der Waals surface area contributed by atoms with E-state index in [1.807, 2.05) is 17.2 Å². The fraction of sp³-hybridized carbons (Fsp3) is 0.562. The van der Waals surface area contributed by atoms with Crippen LogP contribution in [0.4, 0.5) is 5.69 Å². The normalized spacial score (nSPS) is 17.3. The maximum absolute atomic E-state index is 11.9. The topological polar surface area (TPSA) is 67.9 Å². The van der Waals surface area contributed by atoms with Gasteiger partial charge in [-0.1, -0.05) is 0 Å². The van der Waals surface area contributed by atoms with Crippen LogP contribution in [0, 0.1) is 12.8 Å². The van der Waals surface area contributed by atoms with Crippen LogP contribution in [0.2, 0.25) is 0 Å². The number of hydrogen-bond donors (Lipinski definition) is 1. The van der Waals surface area contributed by atoms with E-state index in [4.69, 9.17) is 21.7 Å². The molecule has 1 aromatic rings. The molecule has 0 amide bonds. The van der Waals surface area contributed by atoms with E-state index in [1.165, 1.54) is 18.4 Å². The molecule has 1 fully saturated rings. The molecular formula is C16H22N2O4S2. The minimum absolute atomic E-state index is 0.165. The Balaban J connectivity index is 2.06. The molecule has 0 saturated carbocycles. The number of esters is 2. The Morgan fingerprint density at radius 2 is 2.25 bits per heavy atom. The number of aryl methyl sites for hydroxylation is 1. The third kappa shape index (κ3) is 4.24. The predicted molar refractivity (Wildman–Crippen MR) is 97.5 cm³/mol. The van der Waals surface area contributed by atoms with Crippen LogP contribution in [-0.4, -0.2) is 48.8 Å². The van der Waals surface area contributed by atoms with Gasteiger partial charge in [0.2, 0.25) is 0 Å². The van der Waals surface area contributed by atoms with Gasteiger partial charge in [0.25, 0.3) is 0 Å². The molecule has 2 heterocycles.